The van der Waals surface area contributed by atoms with E-state index < -0.39 is 10.4 Å². The Morgan fingerprint density at radius 3 is 2.45 bits per heavy atom. The van der Waals surface area contributed by atoms with E-state index in [0.717, 1.165) is 4.70 Å². The summed E-state index contributed by atoms with van der Waals surface area (Å²) in [6.45, 7) is 0. The van der Waals surface area contributed by atoms with Crippen molar-refractivity contribution in [3.8, 4) is 5.75 Å². The molecular formula is C13H7O5S2-. The van der Waals surface area contributed by atoms with Crippen molar-refractivity contribution in [1.82, 2.24) is 0 Å². The van der Waals surface area contributed by atoms with Crippen LogP contribution in [0.15, 0.2) is 47.3 Å². The zero-order chi connectivity index (χ0) is 14.3. The van der Waals surface area contributed by atoms with Crippen molar-refractivity contribution in [3.05, 3.63) is 52.7 Å². The number of benzene rings is 2. The van der Waals surface area contributed by atoms with Crippen molar-refractivity contribution >= 4 is 41.9 Å². The van der Waals surface area contributed by atoms with Gasteiger partial charge in [-0.2, -0.15) is 0 Å². The Hall–Kier alpha value is -1.96. The largest absolute Gasteiger partial charge is 0.716 e. The maximum Gasteiger partial charge on any atom is 0.262 e. The quantitative estimate of drug-likeness (QED) is 0.412. The molecular weight excluding hydrogens is 300 g/mol. The van der Waals surface area contributed by atoms with E-state index in [1.807, 2.05) is 12.1 Å². The molecule has 0 atom stereocenters. The zero-order valence-corrected chi connectivity index (χ0v) is 11.5. The molecule has 0 saturated heterocycles. The molecule has 20 heavy (non-hydrogen) atoms. The minimum atomic E-state index is -4.85. The van der Waals surface area contributed by atoms with E-state index in [-0.39, 0.29) is 11.2 Å². The Morgan fingerprint density at radius 2 is 1.70 bits per heavy atom. The molecule has 0 radical (unpaired) electrons. The third-order valence-electron chi connectivity index (χ3n) is 2.75. The van der Waals surface area contributed by atoms with Gasteiger partial charge in [0.2, 0.25) is 0 Å². The van der Waals surface area contributed by atoms with Crippen LogP contribution >= 0.6 is 11.3 Å². The topological polar surface area (TPSA) is 83.5 Å². The normalized spacial score (nSPS) is 11.8. The molecule has 0 saturated carbocycles. The summed E-state index contributed by atoms with van der Waals surface area (Å²) in [4.78, 5) is 12.3. The molecule has 0 N–H and O–H groups in total. The molecule has 3 rings (SSSR count). The fraction of sp³-hybridized carbons (Fsp3) is 0. The van der Waals surface area contributed by atoms with E-state index in [4.69, 9.17) is 0 Å². The van der Waals surface area contributed by atoms with Crippen molar-refractivity contribution in [2.24, 2.45) is 0 Å². The van der Waals surface area contributed by atoms with Crippen LogP contribution in [-0.4, -0.2) is 13.0 Å². The lowest BCUT2D eigenvalue weighted by atomic mass is 10.2. The molecule has 0 aliphatic carbocycles. The van der Waals surface area contributed by atoms with E-state index in [9.17, 15) is 17.8 Å². The number of rotatable bonds is 2. The molecule has 0 fully saturated rings. The van der Waals surface area contributed by atoms with Crippen LogP contribution in [-0.2, 0) is 10.4 Å². The molecule has 0 amide bonds. The Bertz CT molecular complexity index is 973. The minimum Gasteiger partial charge on any atom is -0.716 e. The molecule has 102 valence electrons. The van der Waals surface area contributed by atoms with Crippen LogP contribution in [0.2, 0.25) is 0 Å². The summed E-state index contributed by atoms with van der Waals surface area (Å²) >= 11 is 1.41. The predicted molar refractivity (Wildman–Crippen MR) is 75.9 cm³/mol. The first-order valence-corrected chi connectivity index (χ1v) is 7.70. The second-order valence-corrected chi connectivity index (χ2v) is 6.14. The molecule has 0 aliphatic rings. The summed E-state index contributed by atoms with van der Waals surface area (Å²) in [5, 5.41) is 0.877. The monoisotopic (exact) mass is 307 g/mol. The van der Waals surface area contributed by atoms with Crippen molar-refractivity contribution in [3.63, 3.8) is 0 Å². The Balaban J connectivity index is 2.31. The van der Waals surface area contributed by atoms with Crippen molar-refractivity contribution in [1.29, 1.82) is 0 Å². The fourth-order valence-electron chi connectivity index (χ4n) is 1.95. The number of hydrogen-bond acceptors (Lipinski definition) is 6. The first-order chi connectivity index (χ1) is 9.44. The highest BCUT2D eigenvalue weighted by Gasteiger charge is 2.08. The smallest absolute Gasteiger partial charge is 0.262 e. The van der Waals surface area contributed by atoms with Crippen LogP contribution in [0, 0.1) is 0 Å². The van der Waals surface area contributed by atoms with Gasteiger partial charge in [-0.25, -0.2) is 8.42 Å². The van der Waals surface area contributed by atoms with Gasteiger partial charge in [-0.3, -0.25) is 4.79 Å². The van der Waals surface area contributed by atoms with Crippen LogP contribution in [0.1, 0.15) is 0 Å². The molecule has 0 bridgehead atoms. The van der Waals surface area contributed by atoms with Gasteiger partial charge < -0.3 is 8.74 Å². The Morgan fingerprint density at radius 1 is 1.00 bits per heavy atom. The summed E-state index contributed by atoms with van der Waals surface area (Å²) in [5.74, 6) is -0.160. The first kappa shape index (κ1) is 13.0. The number of hydrogen-bond donors (Lipinski definition) is 0. The highest BCUT2D eigenvalue weighted by atomic mass is 32.3. The molecule has 3 aromatic rings. The van der Waals surface area contributed by atoms with E-state index in [0.29, 0.717) is 15.5 Å². The van der Waals surface area contributed by atoms with Gasteiger partial charge in [0.1, 0.15) is 5.75 Å². The van der Waals surface area contributed by atoms with Gasteiger partial charge in [-0.05, 0) is 30.3 Å². The van der Waals surface area contributed by atoms with Gasteiger partial charge in [0, 0.05) is 20.2 Å². The average Bonchev–Trinajstić information content (AvgIpc) is 2.38. The van der Waals surface area contributed by atoms with E-state index >= 15 is 0 Å². The summed E-state index contributed by atoms with van der Waals surface area (Å²) in [6.07, 6.45) is 0. The van der Waals surface area contributed by atoms with Crippen LogP contribution < -0.4 is 9.61 Å². The standard InChI is InChI=1S/C13H8O5S2/c14-13-9-3-1-2-4-11(9)19-12-6-5-8(7-10(12)13)18-20(15,16)17/h1-7H,(H,15,16,17)/p-1. The third kappa shape index (κ3) is 2.38. The van der Waals surface area contributed by atoms with Crippen LogP contribution in [0.25, 0.3) is 20.2 Å². The Kier molecular flexibility index (Phi) is 2.97. The number of fused-ring (bicyclic) bond motifs is 2. The molecule has 0 spiro atoms. The zero-order valence-electron chi connectivity index (χ0n) is 9.90. The molecule has 1 aromatic heterocycles. The summed E-state index contributed by atoms with van der Waals surface area (Å²) in [7, 11) is -4.85. The molecule has 0 unspecified atom stereocenters. The third-order valence-corrected chi connectivity index (χ3v) is 4.29. The van der Waals surface area contributed by atoms with Gasteiger partial charge in [-0.1, -0.05) is 12.1 Å². The highest BCUT2D eigenvalue weighted by Crippen LogP contribution is 2.27. The summed E-state index contributed by atoms with van der Waals surface area (Å²) < 4.78 is 37.5. The predicted octanol–water partition coefficient (Wildman–Crippen LogP) is 2.25. The van der Waals surface area contributed by atoms with Gasteiger partial charge in [0.25, 0.3) is 10.4 Å². The maximum absolute atomic E-state index is 12.3. The van der Waals surface area contributed by atoms with Crippen LogP contribution in [0.4, 0.5) is 0 Å². The van der Waals surface area contributed by atoms with Gasteiger partial charge >= 0.3 is 0 Å². The summed E-state index contributed by atoms with van der Waals surface area (Å²) in [5.41, 5.74) is -0.219. The maximum atomic E-state index is 12.3. The van der Waals surface area contributed by atoms with Crippen LogP contribution in [0.5, 0.6) is 5.75 Å². The van der Waals surface area contributed by atoms with Crippen molar-refractivity contribution in [2.75, 3.05) is 0 Å². The lowest BCUT2D eigenvalue weighted by Gasteiger charge is -2.09. The Labute approximate surface area is 118 Å². The molecule has 5 nitrogen and oxygen atoms in total. The van der Waals surface area contributed by atoms with Gasteiger partial charge in [0.15, 0.2) is 5.43 Å². The van der Waals surface area contributed by atoms with Gasteiger partial charge in [0.05, 0.1) is 0 Å². The molecule has 7 heteroatoms. The van der Waals surface area contributed by atoms with E-state index in [2.05, 4.69) is 4.18 Å². The summed E-state index contributed by atoms with van der Waals surface area (Å²) in [6, 6.07) is 11.3. The SMILES string of the molecule is O=c1c2ccccc2sc2ccc(OS(=O)(=O)[O-])cc12. The molecule has 0 aliphatic heterocycles. The van der Waals surface area contributed by atoms with Crippen molar-refractivity contribution in [2.45, 2.75) is 0 Å². The van der Waals surface area contributed by atoms with E-state index in [1.54, 1.807) is 18.2 Å². The minimum absolute atomic E-state index is 0.160. The fourth-order valence-corrected chi connectivity index (χ4v) is 3.34. The van der Waals surface area contributed by atoms with Crippen LogP contribution in [0.3, 0.4) is 0 Å². The molecule has 1 heterocycles. The van der Waals surface area contributed by atoms with Crippen molar-refractivity contribution < 1.29 is 17.2 Å². The van der Waals surface area contributed by atoms with E-state index in [1.165, 1.54) is 23.5 Å². The second kappa shape index (κ2) is 4.55. The average molecular weight is 307 g/mol. The highest BCUT2D eigenvalue weighted by molar-refractivity contribution is 7.81. The second-order valence-electron chi connectivity index (χ2n) is 4.08. The lowest BCUT2D eigenvalue weighted by molar-refractivity contribution is 0.372. The molecule has 2 aromatic carbocycles. The first-order valence-electron chi connectivity index (χ1n) is 5.55. The van der Waals surface area contributed by atoms with Gasteiger partial charge in [-0.15, -0.1) is 11.3 Å². The lowest BCUT2D eigenvalue weighted by Crippen LogP contribution is -2.08.